The van der Waals surface area contributed by atoms with Crippen LogP contribution in [0.2, 0.25) is 5.02 Å². The van der Waals surface area contributed by atoms with E-state index in [0.29, 0.717) is 22.3 Å². The SMILES string of the molecule is Cc1cc(N[C@@H]2CCCN(C)C2)nnc1-c1ccc(Cl)cc1F. The Bertz CT molecular complexity index is 707. The maximum atomic E-state index is 14.1. The minimum Gasteiger partial charge on any atom is -0.365 e. The van der Waals surface area contributed by atoms with E-state index in [1.807, 2.05) is 13.0 Å². The first-order chi connectivity index (χ1) is 11.0. The van der Waals surface area contributed by atoms with E-state index in [-0.39, 0.29) is 5.82 Å². The minimum atomic E-state index is -0.385. The van der Waals surface area contributed by atoms with Crippen molar-refractivity contribution in [3.63, 3.8) is 0 Å². The molecule has 1 aliphatic rings. The van der Waals surface area contributed by atoms with Gasteiger partial charge in [-0.2, -0.15) is 0 Å². The van der Waals surface area contributed by atoms with Crippen LogP contribution in [-0.2, 0) is 0 Å². The lowest BCUT2D eigenvalue weighted by Gasteiger charge is -2.30. The van der Waals surface area contributed by atoms with Crippen molar-refractivity contribution in [2.24, 2.45) is 0 Å². The molecular formula is C17H20ClFN4. The Hall–Kier alpha value is -1.72. The van der Waals surface area contributed by atoms with Gasteiger partial charge in [0.2, 0.25) is 0 Å². The van der Waals surface area contributed by atoms with Gasteiger partial charge in [-0.05, 0) is 63.2 Å². The molecule has 122 valence electrons. The van der Waals surface area contributed by atoms with Crippen LogP contribution in [0.25, 0.3) is 11.3 Å². The smallest absolute Gasteiger partial charge is 0.149 e. The van der Waals surface area contributed by atoms with Gasteiger partial charge in [0.15, 0.2) is 0 Å². The number of benzene rings is 1. The molecule has 1 atom stereocenters. The van der Waals surface area contributed by atoms with E-state index in [1.54, 1.807) is 12.1 Å². The van der Waals surface area contributed by atoms with Crippen LogP contribution in [-0.4, -0.2) is 41.3 Å². The number of nitrogens with one attached hydrogen (secondary N) is 1. The Morgan fingerprint density at radius 1 is 1.30 bits per heavy atom. The molecule has 0 bridgehead atoms. The van der Waals surface area contributed by atoms with E-state index in [0.717, 1.165) is 30.9 Å². The molecule has 2 aromatic rings. The van der Waals surface area contributed by atoms with E-state index < -0.39 is 0 Å². The summed E-state index contributed by atoms with van der Waals surface area (Å²) in [4.78, 5) is 2.30. The lowest BCUT2D eigenvalue weighted by atomic mass is 10.1. The summed E-state index contributed by atoms with van der Waals surface area (Å²) < 4.78 is 14.1. The van der Waals surface area contributed by atoms with Crippen LogP contribution in [0.3, 0.4) is 0 Å². The fourth-order valence-electron chi connectivity index (χ4n) is 3.00. The number of anilines is 1. The molecule has 3 rings (SSSR count). The Kier molecular flexibility index (Phi) is 4.78. The summed E-state index contributed by atoms with van der Waals surface area (Å²) in [7, 11) is 2.12. The monoisotopic (exact) mass is 334 g/mol. The Morgan fingerprint density at radius 2 is 2.13 bits per heavy atom. The third kappa shape index (κ3) is 3.79. The van der Waals surface area contributed by atoms with Gasteiger partial charge in [-0.1, -0.05) is 11.6 Å². The average molecular weight is 335 g/mol. The van der Waals surface area contributed by atoms with E-state index in [9.17, 15) is 4.39 Å². The molecule has 0 aliphatic carbocycles. The second kappa shape index (κ2) is 6.81. The summed E-state index contributed by atoms with van der Waals surface area (Å²) in [5.41, 5.74) is 1.85. The summed E-state index contributed by atoms with van der Waals surface area (Å²) >= 11 is 5.80. The molecule has 4 nitrogen and oxygen atoms in total. The van der Waals surface area contributed by atoms with Crippen molar-refractivity contribution in [3.8, 4) is 11.3 Å². The van der Waals surface area contributed by atoms with Crippen molar-refractivity contribution in [2.75, 3.05) is 25.5 Å². The fourth-order valence-corrected chi connectivity index (χ4v) is 3.16. The summed E-state index contributed by atoms with van der Waals surface area (Å²) in [6.45, 7) is 4.04. The zero-order chi connectivity index (χ0) is 16.4. The lowest BCUT2D eigenvalue weighted by Crippen LogP contribution is -2.39. The molecule has 1 fully saturated rings. The van der Waals surface area contributed by atoms with Crippen molar-refractivity contribution < 1.29 is 4.39 Å². The van der Waals surface area contributed by atoms with Gasteiger partial charge in [0.1, 0.15) is 11.6 Å². The number of likely N-dealkylation sites (N-methyl/N-ethyl adjacent to an activating group) is 1. The summed E-state index contributed by atoms with van der Waals surface area (Å²) in [5, 5.41) is 12.2. The third-order valence-electron chi connectivity index (χ3n) is 4.15. The van der Waals surface area contributed by atoms with Crippen LogP contribution >= 0.6 is 11.6 Å². The van der Waals surface area contributed by atoms with Gasteiger partial charge in [0, 0.05) is 23.2 Å². The quantitative estimate of drug-likeness (QED) is 0.928. The number of rotatable bonds is 3. The molecule has 6 heteroatoms. The highest BCUT2D eigenvalue weighted by Crippen LogP contribution is 2.27. The van der Waals surface area contributed by atoms with Gasteiger partial charge in [-0.15, -0.1) is 10.2 Å². The van der Waals surface area contributed by atoms with Crippen LogP contribution in [0, 0.1) is 12.7 Å². The zero-order valence-electron chi connectivity index (χ0n) is 13.3. The van der Waals surface area contributed by atoms with Gasteiger partial charge in [0.05, 0.1) is 5.69 Å². The van der Waals surface area contributed by atoms with Crippen LogP contribution in [0.5, 0.6) is 0 Å². The first-order valence-electron chi connectivity index (χ1n) is 7.78. The minimum absolute atomic E-state index is 0.372. The van der Waals surface area contributed by atoms with Crippen LogP contribution in [0.1, 0.15) is 18.4 Å². The van der Waals surface area contributed by atoms with Gasteiger partial charge in [-0.3, -0.25) is 0 Å². The van der Waals surface area contributed by atoms with E-state index in [2.05, 4.69) is 27.5 Å². The molecule has 0 amide bonds. The molecule has 1 N–H and O–H groups in total. The van der Waals surface area contributed by atoms with E-state index in [1.165, 1.54) is 12.5 Å². The Balaban J connectivity index is 1.80. The first-order valence-corrected chi connectivity index (χ1v) is 8.15. The lowest BCUT2D eigenvalue weighted by molar-refractivity contribution is 0.260. The molecule has 1 aromatic carbocycles. The predicted molar refractivity (Wildman–Crippen MR) is 91.3 cm³/mol. The highest BCUT2D eigenvalue weighted by atomic mass is 35.5. The highest BCUT2D eigenvalue weighted by Gasteiger charge is 2.18. The molecule has 1 aliphatic heterocycles. The van der Waals surface area contributed by atoms with Crippen LogP contribution < -0.4 is 5.32 Å². The molecular weight excluding hydrogens is 315 g/mol. The van der Waals surface area contributed by atoms with E-state index >= 15 is 0 Å². The van der Waals surface area contributed by atoms with Crippen LogP contribution in [0.15, 0.2) is 24.3 Å². The summed E-state index contributed by atoms with van der Waals surface area (Å²) in [6.07, 6.45) is 2.30. The summed E-state index contributed by atoms with van der Waals surface area (Å²) in [6, 6.07) is 6.89. The Labute approximate surface area is 140 Å². The molecule has 0 radical (unpaired) electrons. The largest absolute Gasteiger partial charge is 0.365 e. The average Bonchev–Trinajstić information content (AvgIpc) is 2.48. The normalized spacial score (nSPS) is 18.9. The van der Waals surface area contributed by atoms with E-state index in [4.69, 9.17) is 11.6 Å². The number of nitrogens with zero attached hydrogens (tertiary/aromatic N) is 3. The second-order valence-electron chi connectivity index (χ2n) is 6.13. The molecule has 0 spiro atoms. The third-order valence-corrected chi connectivity index (χ3v) is 4.38. The van der Waals surface area contributed by atoms with Gasteiger partial charge in [0.25, 0.3) is 0 Å². The van der Waals surface area contributed by atoms with Gasteiger partial charge >= 0.3 is 0 Å². The summed E-state index contributed by atoms with van der Waals surface area (Å²) in [5.74, 6) is 0.352. The molecule has 2 heterocycles. The topological polar surface area (TPSA) is 41.0 Å². The molecule has 0 saturated carbocycles. The number of halogens is 2. The highest BCUT2D eigenvalue weighted by molar-refractivity contribution is 6.30. The number of hydrogen-bond donors (Lipinski definition) is 1. The molecule has 0 unspecified atom stereocenters. The van der Waals surface area contributed by atoms with Crippen molar-refractivity contribution in [2.45, 2.75) is 25.8 Å². The zero-order valence-corrected chi connectivity index (χ0v) is 14.1. The maximum absolute atomic E-state index is 14.1. The number of aromatic nitrogens is 2. The number of aryl methyl sites for hydroxylation is 1. The number of piperidine rings is 1. The standard InChI is InChI=1S/C17H20ClFN4/c1-11-8-16(20-13-4-3-7-23(2)10-13)21-22-17(11)14-6-5-12(18)9-15(14)19/h5-6,8-9,13H,3-4,7,10H2,1-2H3,(H,20,21)/t13-/m1/s1. The van der Waals surface area contributed by atoms with Crippen LogP contribution in [0.4, 0.5) is 10.2 Å². The van der Waals surface area contributed by atoms with Crippen molar-refractivity contribution in [3.05, 3.63) is 40.7 Å². The van der Waals surface area contributed by atoms with Crippen molar-refractivity contribution >= 4 is 17.4 Å². The maximum Gasteiger partial charge on any atom is 0.149 e. The second-order valence-corrected chi connectivity index (χ2v) is 6.57. The van der Waals surface area contributed by atoms with Gasteiger partial charge in [-0.25, -0.2) is 4.39 Å². The predicted octanol–water partition coefficient (Wildman–Crippen LogP) is 3.75. The number of likely N-dealkylation sites (tertiary alicyclic amines) is 1. The fraction of sp³-hybridized carbons (Fsp3) is 0.412. The Morgan fingerprint density at radius 3 is 2.83 bits per heavy atom. The molecule has 1 saturated heterocycles. The van der Waals surface area contributed by atoms with Crippen molar-refractivity contribution in [1.29, 1.82) is 0 Å². The molecule has 1 aromatic heterocycles. The first kappa shape index (κ1) is 16.1. The van der Waals surface area contributed by atoms with Gasteiger partial charge < -0.3 is 10.2 Å². The molecule has 23 heavy (non-hydrogen) atoms. The van der Waals surface area contributed by atoms with Crippen molar-refractivity contribution in [1.82, 2.24) is 15.1 Å². The number of hydrogen-bond acceptors (Lipinski definition) is 4.